The molecule has 0 saturated carbocycles. The zero-order valence-electron chi connectivity index (χ0n) is 19.0. The third kappa shape index (κ3) is 8.69. The highest BCUT2D eigenvalue weighted by molar-refractivity contribution is 7.86. The van der Waals surface area contributed by atoms with E-state index in [0.29, 0.717) is 5.69 Å². The third-order valence-electron chi connectivity index (χ3n) is 4.26. The molecule has 0 unspecified atom stereocenters. The van der Waals surface area contributed by atoms with Crippen molar-refractivity contribution in [3.05, 3.63) is 47.5 Å². The molecule has 0 heterocycles. The molecule has 0 bridgehead atoms. The molecule has 0 aliphatic heterocycles. The minimum atomic E-state index is -4.71. The van der Waals surface area contributed by atoms with Gasteiger partial charge in [0.2, 0.25) is 5.91 Å². The molecular weight excluding hydrogens is 518 g/mol. The first kappa shape index (κ1) is 28.4. The van der Waals surface area contributed by atoms with Crippen molar-refractivity contribution in [1.29, 1.82) is 0 Å². The van der Waals surface area contributed by atoms with Gasteiger partial charge in [0.1, 0.15) is 16.4 Å². The van der Waals surface area contributed by atoms with Gasteiger partial charge in [-0.15, -0.1) is 0 Å². The molecule has 0 saturated heterocycles. The number of ether oxygens (including phenoxy) is 1. The first-order valence-corrected chi connectivity index (χ1v) is 13.3. The van der Waals surface area contributed by atoms with Gasteiger partial charge in [0.15, 0.2) is 5.11 Å². The lowest BCUT2D eigenvalue weighted by atomic mass is 10.1. The minimum Gasteiger partial charge on any atom is -0.375 e. The van der Waals surface area contributed by atoms with Gasteiger partial charge >= 0.3 is 0 Å². The largest absolute Gasteiger partial charge is 0.375 e. The van der Waals surface area contributed by atoms with E-state index in [1.807, 2.05) is 13.8 Å². The second-order valence-electron chi connectivity index (χ2n) is 7.52. The maximum Gasteiger partial charge on any atom is 0.295 e. The standard InChI is InChI=1S/C21H25N3O8S3/c1-13(2)22-21(33)24-17-9-7-15(19(11-17)35(29,30)31)5-4-14-6-8-16(23-20(25)12-32-3)10-18(14)34(26,27)28/h4-11,13H,12H2,1-3H3,(H,23,25)(H2,22,24,33)(H,26,27,28)(H,29,30,31). The number of anilines is 2. The fraction of sp³-hybridized carbons (Fsp3) is 0.238. The van der Waals surface area contributed by atoms with E-state index >= 15 is 0 Å². The fourth-order valence-electron chi connectivity index (χ4n) is 2.88. The molecule has 5 N–H and O–H groups in total. The number of hydrogen-bond acceptors (Lipinski definition) is 7. The Balaban J connectivity index is 2.45. The Kier molecular flexibility index (Phi) is 9.48. The van der Waals surface area contributed by atoms with Gasteiger partial charge in [0, 0.05) is 24.5 Å². The molecule has 190 valence electrons. The van der Waals surface area contributed by atoms with Gasteiger partial charge in [0.05, 0.1) is 0 Å². The van der Waals surface area contributed by atoms with E-state index in [-0.39, 0.29) is 34.6 Å². The second kappa shape index (κ2) is 11.7. The molecular formula is C21H25N3O8S3. The summed E-state index contributed by atoms with van der Waals surface area (Å²) in [5, 5.41) is 8.42. The van der Waals surface area contributed by atoms with Crippen molar-refractivity contribution >= 4 is 67.0 Å². The Morgan fingerprint density at radius 3 is 1.80 bits per heavy atom. The monoisotopic (exact) mass is 543 g/mol. The highest BCUT2D eigenvalue weighted by Gasteiger charge is 2.18. The van der Waals surface area contributed by atoms with Crippen LogP contribution in [0, 0.1) is 0 Å². The van der Waals surface area contributed by atoms with Crippen molar-refractivity contribution < 1.29 is 35.5 Å². The third-order valence-corrected chi connectivity index (χ3v) is 6.30. The smallest absolute Gasteiger partial charge is 0.295 e. The van der Waals surface area contributed by atoms with E-state index in [1.54, 1.807) is 0 Å². The predicted molar refractivity (Wildman–Crippen MR) is 136 cm³/mol. The lowest BCUT2D eigenvalue weighted by molar-refractivity contribution is -0.119. The highest BCUT2D eigenvalue weighted by Crippen LogP contribution is 2.26. The van der Waals surface area contributed by atoms with Crippen LogP contribution in [0.25, 0.3) is 12.2 Å². The van der Waals surface area contributed by atoms with Crippen LogP contribution in [0.3, 0.4) is 0 Å². The first-order chi connectivity index (χ1) is 16.2. The molecule has 0 aliphatic carbocycles. The summed E-state index contributed by atoms with van der Waals surface area (Å²) >= 11 is 5.14. The van der Waals surface area contributed by atoms with E-state index < -0.39 is 35.9 Å². The molecule has 0 fully saturated rings. The van der Waals surface area contributed by atoms with Gasteiger partial charge in [-0.1, -0.05) is 24.3 Å². The van der Waals surface area contributed by atoms with Gasteiger partial charge in [-0.3, -0.25) is 13.9 Å². The summed E-state index contributed by atoms with van der Waals surface area (Å²) in [6.07, 6.45) is 2.50. The molecule has 14 heteroatoms. The molecule has 0 atom stereocenters. The predicted octanol–water partition coefficient (Wildman–Crippen LogP) is 2.63. The van der Waals surface area contributed by atoms with Gasteiger partial charge in [-0.25, -0.2) is 0 Å². The molecule has 0 aliphatic rings. The van der Waals surface area contributed by atoms with Gasteiger partial charge in [0.25, 0.3) is 20.2 Å². The highest BCUT2D eigenvalue weighted by atomic mass is 32.2. The number of carbonyl (C=O) groups excluding carboxylic acids is 1. The number of nitrogens with one attached hydrogen (secondary N) is 3. The fourth-order valence-corrected chi connectivity index (χ4v) is 4.66. The Labute approximate surface area is 209 Å². The minimum absolute atomic E-state index is 0.00282. The van der Waals surface area contributed by atoms with Crippen molar-refractivity contribution in [2.45, 2.75) is 29.7 Å². The number of carbonyl (C=O) groups is 1. The topological polar surface area (TPSA) is 171 Å². The van der Waals surface area contributed by atoms with E-state index in [9.17, 15) is 30.7 Å². The van der Waals surface area contributed by atoms with Crippen LogP contribution in [-0.4, -0.2) is 56.7 Å². The zero-order valence-corrected chi connectivity index (χ0v) is 21.4. The molecule has 35 heavy (non-hydrogen) atoms. The van der Waals surface area contributed by atoms with Crippen LogP contribution in [-0.2, 0) is 29.8 Å². The van der Waals surface area contributed by atoms with E-state index in [2.05, 4.69) is 16.0 Å². The van der Waals surface area contributed by atoms with Crippen LogP contribution in [0.5, 0.6) is 0 Å². The number of benzene rings is 2. The van der Waals surface area contributed by atoms with Crippen LogP contribution in [0.15, 0.2) is 46.2 Å². The first-order valence-electron chi connectivity index (χ1n) is 9.98. The average Bonchev–Trinajstić information content (AvgIpc) is 2.71. The normalized spacial score (nSPS) is 12.1. The van der Waals surface area contributed by atoms with Crippen molar-refractivity contribution in [2.75, 3.05) is 24.4 Å². The van der Waals surface area contributed by atoms with Crippen LogP contribution < -0.4 is 16.0 Å². The van der Waals surface area contributed by atoms with Crippen molar-refractivity contribution in [2.24, 2.45) is 0 Å². The van der Waals surface area contributed by atoms with Gasteiger partial charge in [-0.05, 0) is 61.5 Å². The quantitative estimate of drug-likeness (QED) is 0.179. The van der Waals surface area contributed by atoms with E-state index in [4.69, 9.17) is 17.0 Å². The van der Waals surface area contributed by atoms with Gasteiger partial charge < -0.3 is 20.7 Å². The lowest BCUT2D eigenvalue weighted by Gasteiger charge is -2.14. The maximum absolute atomic E-state index is 12.0. The summed E-state index contributed by atoms with van der Waals surface area (Å²) < 4.78 is 71.8. The number of hydrogen-bond donors (Lipinski definition) is 5. The maximum atomic E-state index is 12.0. The molecule has 2 aromatic carbocycles. The number of thiocarbonyl (C=S) groups is 1. The van der Waals surface area contributed by atoms with Crippen LogP contribution in [0.1, 0.15) is 25.0 Å². The van der Waals surface area contributed by atoms with Crippen LogP contribution >= 0.6 is 12.2 Å². The summed E-state index contributed by atoms with van der Waals surface area (Å²) in [5.41, 5.74) is 0.433. The molecule has 0 radical (unpaired) electrons. The van der Waals surface area contributed by atoms with Crippen molar-refractivity contribution in [1.82, 2.24) is 5.32 Å². The number of amides is 1. The van der Waals surface area contributed by atoms with E-state index in [0.717, 1.165) is 6.07 Å². The molecule has 0 spiro atoms. The molecule has 11 nitrogen and oxygen atoms in total. The number of rotatable bonds is 9. The molecule has 2 rings (SSSR count). The number of methoxy groups -OCH3 is 1. The average molecular weight is 544 g/mol. The Hall–Kier alpha value is -2.88. The lowest BCUT2D eigenvalue weighted by Crippen LogP contribution is -2.33. The zero-order chi connectivity index (χ0) is 26.4. The summed E-state index contributed by atoms with van der Waals surface area (Å²) in [4.78, 5) is 10.7. The molecule has 2 aromatic rings. The molecule has 1 amide bonds. The Morgan fingerprint density at radius 1 is 0.943 bits per heavy atom. The van der Waals surface area contributed by atoms with Gasteiger partial charge in [-0.2, -0.15) is 16.8 Å². The van der Waals surface area contributed by atoms with E-state index in [1.165, 1.54) is 49.6 Å². The SMILES string of the molecule is COCC(=O)Nc1ccc(C=Cc2ccc(NC(=S)NC(C)C)cc2S(=O)(=O)O)c(S(=O)(=O)O)c1. The summed E-state index contributed by atoms with van der Waals surface area (Å²) in [5.74, 6) is -0.536. The summed E-state index contributed by atoms with van der Waals surface area (Å²) in [7, 11) is -8.06. The van der Waals surface area contributed by atoms with Crippen molar-refractivity contribution in [3.8, 4) is 0 Å². The second-order valence-corrected chi connectivity index (χ2v) is 10.7. The summed E-state index contributed by atoms with van der Waals surface area (Å²) in [6.45, 7) is 3.48. The summed E-state index contributed by atoms with van der Waals surface area (Å²) in [6, 6.07) is 7.84. The van der Waals surface area contributed by atoms with Crippen molar-refractivity contribution in [3.63, 3.8) is 0 Å². The Bertz CT molecular complexity index is 1350. The Morgan fingerprint density at radius 2 is 1.40 bits per heavy atom. The van der Waals surface area contributed by atoms with Crippen LogP contribution in [0.2, 0.25) is 0 Å². The molecule has 0 aromatic heterocycles. The van der Waals surface area contributed by atoms with Crippen LogP contribution in [0.4, 0.5) is 11.4 Å².